The summed E-state index contributed by atoms with van der Waals surface area (Å²) in [7, 11) is 3.87. The van der Waals surface area contributed by atoms with Crippen LogP contribution in [0.25, 0.3) is 5.69 Å². The second-order valence-corrected chi connectivity index (χ2v) is 7.52. The monoisotopic (exact) mass is 417 g/mol. The summed E-state index contributed by atoms with van der Waals surface area (Å²) in [5, 5.41) is 8.44. The first kappa shape index (κ1) is 20.2. The Bertz CT molecular complexity index is 1010. The van der Waals surface area contributed by atoms with Gasteiger partial charge in [0.2, 0.25) is 5.91 Å². The topological polar surface area (TPSA) is 63.1 Å². The second kappa shape index (κ2) is 8.20. The summed E-state index contributed by atoms with van der Waals surface area (Å²) in [5.74, 6) is 0.358. The van der Waals surface area contributed by atoms with Gasteiger partial charge < -0.3 is 10.2 Å². The van der Waals surface area contributed by atoms with Gasteiger partial charge in [0.25, 0.3) is 0 Å². The molecule has 28 heavy (non-hydrogen) atoms. The Morgan fingerprint density at radius 3 is 2.54 bits per heavy atom. The van der Waals surface area contributed by atoms with Crippen molar-refractivity contribution in [1.29, 1.82) is 0 Å². The number of hydrogen-bond donors (Lipinski definition) is 1. The van der Waals surface area contributed by atoms with E-state index < -0.39 is 0 Å². The number of hydrogen-bond acceptors (Lipinski definition) is 4. The van der Waals surface area contributed by atoms with E-state index in [0.29, 0.717) is 15.9 Å². The van der Waals surface area contributed by atoms with Crippen molar-refractivity contribution in [3.8, 4) is 5.69 Å². The van der Waals surface area contributed by atoms with Gasteiger partial charge in [-0.15, -0.1) is 0 Å². The van der Waals surface area contributed by atoms with Gasteiger partial charge in [-0.25, -0.2) is 9.67 Å². The molecule has 6 nitrogen and oxygen atoms in total. The molecule has 1 N–H and O–H groups in total. The predicted octanol–water partition coefficient (Wildman–Crippen LogP) is 4.44. The normalized spacial score (nSPS) is 10.8. The molecule has 0 spiro atoms. The Morgan fingerprint density at radius 1 is 1.18 bits per heavy atom. The molecule has 1 aromatic carbocycles. The number of pyridine rings is 1. The highest BCUT2D eigenvalue weighted by Gasteiger charge is 2.17. The highest BCUT2D eigenvalue weighted by atomic mass is 35.5. The number of nitrogens with zero attached hydrogens (tertiary/aromatic N) is 4. The van der Waals surface area contributed by atoms with Crippen molar-refractivity contribution in [1.82, 2.24) is 14.8 Å². The molecule has 8 heteroatoms. The Balaban J connectivity index is 1.79. The fourth-order valence-corrected chi connectivity index (χ4v) is 3.38. The molecular weight excluding hydrogens is 397 g/mol. The number of nitrogens with one attached hydrogen (secondary N) is 1. The average Bonchev–Trinajstić information content (AvgIpc) is 2.90. The zero-order valence-corrected chi connectivity index (χ0v) is 17.6. The molecule has 0 radical (unpaired) electrons. The summed E-state index contributed by atoms with van der Waals surface area (Å²) in [6.07, 6.45) is 1.91. The fraction of sp³-hybridized carbons (Fsp3) is 0.250. The lowest BCUT2D eigenvalue weighted by atomic mass is 10.1. The standard InChI is InChI=1S/C20H21Cl2N5O/c1-12-16(10-20(28)24-19-8-6-15(11-23-19)26(3)4)13(2)27(25-12)18-7-5-14(21)9-17(18)22/h5-9,11H,10H2,1-4H3,(H,23,24,28). The molecular formula is C20H21Cl2N5O. The highest BCUT2D eigenvalue weighted by molar-refractivity contribution is 6.35. The average molecular weight is 418 g/mol. The number of rotatable bonds is 5. The van der Waals surface area contributed by atoms with Crippen molar-refractivity contribution in [3.63, 3.8) is 0 Å². The van der Waals surface area contributed by atoms with E-state index in [1.807, 2.05) is 45.0 Å². The van der Waals surface area contributed by atoms with Crippen LogP contribution in [0.3, 0.4) is 0 Å². The zero-order valence-electron chi connectivity index (χ0n) is 16.1. The van der Waals surface area contributed by atoms with E-state index in [0.717, 1.165) is 28.3 Å². The van der Waals surface area contributed by atoms with Gasteiger partial charge in [0.1, 0.15) is 5.82 Å². The van der Waals surface area contributed by atoms with E-state index in [4.69, 9.17) is 23.2 Å². The van der Waals surface area contributed by atoms with E-state index in [1.165, 1.54) is 0 Å². The summed E-state index contributed by atoms with van der Waals surface area (Å²) in [6.45, 7) is 3.79. The van der Waals surface area contributed by atoms with Crippen molar-refractivity contribution in [2.75, 3.05) is 24.3 Å². The second-order valence-electron chi connectivity index (χ2n) is 6.68. The van der Waals surface area contributed by atoms with Gasteiger partial charge in [-0.05, 0) is 44.2 Å². The first-order valence-corrected chi connectivity index (χ1v) is 9.45. The summed E-state index contributed by atoms with van der Waals surface area (Å²) >= 11 is 12.3. The largest absolute Gasteiger partial charge is 0.376 e. The molecule has 0 fully saturated rings. The molecule has 0 saturated carbocycles. The number of carbonyl (C=O) groups excluding carboxylic acids is 1. The Labute approximate surface area is 174 Å². The third-order valence-corrected chi connectivity index (χ3v) is 4.99. The molecule has 0 aliphatic heterocycles. The van der Waals surface area contributed by atoms with Crippen LogP contribution in [0.4, 0.5) is 11.5 Å². The first-order chi connectivity index (χ1) is 13.3. The van der Waals surface area contributed by atoms with Crippen LogP contribution in [0.1, 0.15) is 17.0 Å². The van der Waals surface area contributed by atoms with E-state index >= 15 is 0 Å². The molecule has 3 rings (SSSR count). The summed E-state index contributed by atoms with van der Waals surface area (Å²) < 4.78 is 1.74. The molecule has 146 valence electrons. The fourth-order valence-electron chi connectivity index (χ4n) is 2.89. The minimum absolute atomic E-state index is 0.155. The highest BCUT2D eigenvalue weighted by Crippen LogP contribution is 2.27. The molecule has 0 atom stereocenters. The van der Waals surface area contributed by atoms with Gasteiger partial charge in [-0.2, -0.15) is 5.10 Å². The number of halogens is 2. The number of benzene rings is 1. The van der Waals surface area contributed by atoms with Crippen molar-refractivity contribution < 1.29 is 4.79 Å². The van der Waals surface area contributed by atoms with E-state index in [2.05, 4.69) is 15.4 Å². The maximum atomic E-state index is 12.5. The van der Waals surface area contributed by atoms with Gasteiger partial charge in [-0.3, -0.25) is 4.79 Å². The third kappa shape index (κ3) is 4.29. The lowest BCUT2D eigenvalue weighted by Gasteiger charge is -2.12. The van der Waals surface area contributed by atoms with Crippen molar-refractivity contribution in [3.05, 3.63) is 63.5 Å². The maximum absolute atomic E-state index is 12.5. The van der Waals surface area contributed by atoms with E-state index in [9.17, 15) is 4.79 Å². The number of amides is 1. The van der Waals surface area contributed by atoms with Crippen LogP contribution >= 0.6 is 23.2 Å². The van der Waals surface area contributed by atoms with Crippen LogP contribution in [0, 0.1) is 13.8 Å². The summed E-state index contributed by atoms with van der Waals surface area (Å²) in [5.41, 5.74) is 4.17. The molecule has 0 aliphatic rings. The summed E-state index contributed by atoms with van der Waals surface area (Å²) in [4.78, 5) is 18.7. The van der Waals surface area contributed by atoms with Crippen LogP contribution in [0.5, 0.6) is 0 Å². The van der Waals surface area contributed by atoms with Crippen molar-refractivity contribution in [2.45, 2.75) is 20.3 Å². The van der Waals surface area contributed by atoms with Crippen LogP contribution < -0.4 is 10.2 Å². The van der Waals surface area contributed by atoms with Gasteiger partial charge in [0, 0.05) is 30.4 Å². The van der Waals surface area contributed by atoms with Gasteiger partial charge in [-0.1, -0.05) is 23.2 Å². The maximum Gasteiger partial charge on any atom is 0.230 e. The molecule has 1 amide bonds. The van der Waals surface area contributed by atoms with E-state index in [1.54, 1.807) is 29.1 Å². The molecule has 0 saturated heterocycles. The number of carbonyl (C=O) groups is 1. The van der Waals surface area contributed by atoms with Gasteiger partial charge in [0.15, 0.2) is 0 Å². The Hall–Kier alpha value is -2.57. The first-order valence-electron chi connectivity index (χ1n) is 8.70. The van der Waals surface area contributed by atoms with Gasteiger partial charge in [0.05, 0.1) is 34.7 Å². The van der Waals surface area contributed by atoms with Crippen LogP contribution in [0.15, 0.2) is 36.5 Å². The number of aromatic nitrogens is 3. The minimum atomic E-state index is -0.155. The van der Waals surface area contributed by atoms with Gasteiger partial charge >= 0.3 is 0 Å². The molecule has 0 aliphatic carbocycles. The van der Waals surface area contributed by atoms with Crippen molar-refractivity contribution in [2.24, 2.45) is 0 Å². The molecule has 2 heterocycles. The lowest BCUT2D eigenvalue weighted by molar-refractivity contribution is -0.115. The predicted molar refractivity (Wildman–Crippen MR) is 114 cm³/mol. The van der Waals surface area contributed by atoms with Crippen LogP contribution in [-0.4, -0.2) is 34.8 Å². The third-order valence-electron chi connectivity index (χ3n) is 4.45. The van der Waals surface area contributed by atoms with Crippen LogP contribution in [0.2, 0.25) is 10.0 Å². The quantitative estimate of drug-likeness (QED) is 0.666. The number of aryl methyl sites for hydroxylation is 1. The van der Waals surface area contributed by atoms with E-state index in [-0.39, 0.29) is 12.3 Å². The molecule has 0 unspecified atom stereocenters. The smallest absolute Gasteiger partial charge is 0.230 e. The number of anilines is 2. The molecule has 3 aromatic rings. The minimum Gasteiger partial charge on any atom is -0.376 e. The Kier molecular flexibility index (Phi) is 5.91. The summed E-state index contributed by atoms with van der Waals surface area (Å²) in [6, 6.07) is 8.92. The van der Waals surface area contributed by atoms with Crippen molar-refractivity contribution >= 4 is 40.6 Å². The Morgan fingerprint density at radius 2 is 1.93 bits per heavy atom. The zero-order chi connectivity index (χ0) is 20.4. The molecule has 0 bridgehead atoms. The lowest BCUT2D eigenvalue weighted by Crippen LogP contribution is -2.16. The van der Waals surface area contributed by atoms with Crippen LogP contribution in [-0.2, 0) is 11.2 Å². The SMILES string of the molecule is Cc1nn(-c2ccc(Cl)cc2Cl)c(C)c1CC(=O)Nc1ccc(N(C)C)cn1. The molecule has 2 aromatic heterocycles.